The molecule has 0 aromatic rings. The number of allylic oxidation sites excluding steroid dienone is 3. The molecule has 0 aromatic carbocycles. The Bertz CT molecular complexity index is 264. The van der Waals surface area contributed by atoms with Gasteiger partial charge >= 0.3 is 0 Å². The third-order valence-corrected chi connectivity index (χ3v) is 3.96. The molecule has 0 aliphatic heterocycles. The van der Waals surface area contributed by atoms with E-state index >= 15 is 0 Å². The minimum atomic E-state index is 0.560. The zero-order valence-electron chi connectivity index (χ0n) is 13.6. The summed E-state index contributed by atoms with van der Waals surface area (Å²) in [5.74, 6) is 0.928. The zero-order valence-corrected chi connectivity index (χ0v) is 13.6. The monoisotopic (exact) mass is 250 g/mol. The van der Waals surface area contributed by atoms with Gasteiger partial charge in [0, 0.05) is 0 Å². The first-order valence-corrected chi connectivity index (χ1v) is 7.63. The second-order valence-corrected chi connectivity index (χ2v) is 6.63. The van der Waals surface area contributed by atoms with Gasteiger partial charge in [-0.05, 0) is 57.3 Å². The maximum Gasteiger partial charge on any atom is -0.0314 e. The van der Waals surface area contributed by atoms with E-state index in [1.54, 1.807) is 5.57 Å². The van der Waals surface area contributed by atoms with Crippen LogP contribution in [-0.4, -0.2) is 0 Å². The van der Waals surface area contributed by atoms with Crippen molar-refractivity contribution in [1.82, 2.24) is 0 Å². The molecule has 0 heterocycles. The lowest BCUT2D eigenvalue weighted by Gasteiger charge is -2.36. The Kier molecular flexibility index (Phi) is 8.31. The lowest BCUT2D eigenvalue weighted by atomic mass is 9.69. The fraction of sp³-hybridized carbons (Fsp3) is 0.778. The zero-order chi connectivity index (χ0) is 14.2. The molecular formula is C18H34. The van der Waals surface area contributed by atoms with Crippen LogP contribution in [0.3, 0.4) is 0 Å². The lowest BCUT2D eigenvalue weighted by molar-refractivity contribution is 0.177. The Hall–Kier alpha value is -0.520. The van der Waals surface area contributed by atoms with Gasteiger partial charge in [0.2, 0.25) is 0 Å². The number of hydrogen-bond donors (Lipinski definition) is 0. The predicted molar refractivity (Wildman–Crippen MR) is 84.9 cm³/mol. The molecule has 0 N–H and O–H groups in total. The Morgan fingerprint density at radius 2 is 1.89 bits per heavy atom. The highest BCUT2D eigenvalue weighted by Crippen LogP contribution is 2.40. The van der Waals surface area contributed by atoms with Gasteiger partial charge in [0.05, 0.1) is 0 Å². The van der Waals surface area contributed by atoms with Crippen molar-refractivity contribution >= 4 is 0 Å². The van der Waals surface area contributed by atoms with Gasteiger partial charge < -0.3 is 0 Å². The van der Waals surface area contributed by atoms with Crippen molar-refractivity contribution in [1.29, 1.82) is 0 Å². The van der Waals surface area contributed by atoms with Crippen LogP contribution in [0.4, 0.5) is 0 Å². The van der Waals surface area contributed by atoms with Crippen molar-refractivity contribution in [2.24, 2.45) is 11.3 Å². The van der Waals surface area contributed by atoms with Gasteiger partial charge in [0.1, 0.15) is 0 Å². The van der Waals surface area contributed by atoms with E-state index in [1.165, 1.54) is 44.1 Å². The molecule has 0 fully saturated rings. The lowest BCUT2D eigenvalue weighted by Crippen LogP contribution is -2.25. The normalized spacial score (nSPS) is 19.7. The summed E-state index contributed by atoms with van der Waals surface area (Å²) in [4.78, 5) is 0. The van der Waals surface area contributed by atoms with E-state index in [0.29, 0.717) is 5.41 Å². The Labute approximate surface area is 116 Å². The second-order valence-electron chi connectivity index (χ2n) is 6.63. The molecule has 1 rings (SSSR count). The molecule has 0 radical (unpaired) electrons. The summed E-state index contributed by atoms with van der Waals surface area (Å²) in [5, 5.41) is 0. The van der Waals surface area contributed by atoms with Gasteiger partial charge in [0.25, 0.3) is 0 Å². The standard InChI is InChI=1S/C14H26.C4H8/c1-5-11-14(3,4)13-9-7-12(6-2)8-10-13;1-4(2)3/h7,13H,5-6,8-11H2,1-4H3;1H2,2-3H3. The molecule has 1 atom stereocenters. The van der Waals surface area contributed by atoms with Gasteiger partial charge in [-0.3, -0.25) is 0 Å². The molecule has 1 aliphatic rings. The molecule has 0 saturated carbocycles. The smallest absolute Gasteiger partial charge is 0.0314 e. The van der Waals surface area contributed by atoms with Crippen LogP contribution in [-0.2, 0) is 0 Å². The van der Waals surface area contributed by atoms with E-state index in [9.17, 15) is 0 Å². The van der Waals surface area contributed by atoms with Crippen LogP contribution in [0.5, 0.6) is 0 Å². The second kappa shape index (κ2) is 8.56. The molecule has 0 spiro atoms. The third kappa shape index (κ3) is 7.03. The van der Waals surface area contributed by atoms with Gasteiger partial charge in [-0.1, -0.05) is 51.3 Å². The van der Waals surface area contributed by atoms with Gasteiger partial charge in [-0.15, -0.1) is 6.58 Å². The molecular weight excluding hydrogens is 216 g/mol. The van der Waals surface area contributed by atoms with Crippen LogP contribution in [0.15, 0.2) is 23.8 Å². The first-order valence-electron chi connectivity index (χ1n) is 7.63. The van der Waals surface area contributed by atoms with Gasteiger partial charge in [-0.2, -0.15) is 0 Å². The molecule has 0 nitrogen and oxygen atoms in total. The Morgan fingerprint density at radius 1 is 1.33 bits per heavy atom. The van der Waals surface area contributed by atoms with Crippen molar-refractivity contribution in [3.63, 3.8) is 0 Å². The van der Waals surface area contributed by atoms with E-state index in [0.717, 1.165) is 5.92 Å². The summed E-state index contributed by atoms with van der Waals surface area (Å²) in [5.41, 5.74) is 3.42. The van der Waals surface area contributed by atoms with Crippen molar-refractivity contribution in [2.75, 3.05) is 0 Å². The molecule has 0 aromatic heterocycles. The summed E-state index contributed by atoms with van der Waals surface area (Å²) in [6.45, 7) is 17.0. The van der Waals surface area contributed by atoms with Crippen LogP contribution in [0.2, 0.25) is 0 Å². The van der Waals surface area contributed by atoms with Crippen molar-refractivity contribution < 1.29 is 0 Å². The van der Waals surface area contributed by atoms with Crippen molar-refractivity contribution in [2.45, 2.75) is 80.1 Å². The average Bonchev–Trinajstić information content (AvgIpc) is 2.28. The highest BCUT2D eigenvalue weighted by Gasteiger charge is 2.29. The van der Waals surface area contributed by atoms with Crippen LogP contribution >= 0.6 is 0 Å². The maximum atomic E-state index is 3.56. The average molecular weight is 250 g/mol. The van der Waals surface area contributed by atoms with Crippen LogP contribution in [0, 0.1) is 11.3 Å². The Balaban J connectivity index is 0.000000631. The molecule has 1 aliphatic carbocycles. The summed E-state index contributed by atoms with van der Waals surface area (Å²) < 4.78 is 0. The molecule has 106 valence electrons. The summed E-state index contributed by atoms with van der Waals surface area (Å²) in [6, 6.07) is 0. The van der Waals surface area contributed by atoms with E-state index in [1.807, 2.05) is 13.8 Å². The number of hydrogen-bond acceptors (Lipinski definition) is 0. The number of rotatable bonds is 4. The largest absolute Gasteiger partial charge is 0.100 e. The third-order valence-electron chi connectivity index (χ3n) is 3.96. The maximum absolute atomic E-state index is 3.56. The summed E-state index contributed by atoms with van der Waals surface area (Å²) >= 11 is 0. The first-order chi connectivity index (χ1) is 8.33. The quantitative estimate of drug-likeness (QED) is 0.497. The van der Waals surface area contributed by atoms with E-state index in [4.69, 9.17) is 0 Å². The molecule has 0 saturated heterocycles. The van der Waals surface area contributed by atoms with Crippen LogP contribution in [0.25, 0.3) is 0 Å². The predicted octanol–water partition coefficient (Wildman–Crippen LogP) is 6.53. The molecule has 0 heteroatoms. The molecule has 18 heavy (non-hydrogen) atoms. The van der Waals surface area contributed by atoms with Gasteiger partial charge in [0.15, 0.2) is 0 Å². The topological polar surface area (TPSA) is 0 Å². The minimum absolute atomic E-state index is 0.560. The fourth-order valence-electron chi connectivity index (χ4n) is 2.77. The molecule has 0 bridgehead atoms. The van der Waals surface area contributed by atoms with Gasteiger partial charge in [-0.25, -0.2) is 0 Å². The molecule has 1 unspecified atom stereocenters. The summed E-state index contributed by atoms with van der Waals surface area (Å²) in [7, 11) is 0. The SMILES string of the molecule is C=C(C)C.CCCC(C)(C)C1CC=C(CC)CC1. The highest BCUT2D eigenvalue weighted by atomic mass is 14.3. The van der Waals surface area contributed by atoms with Crippen LogP contribution in [0.1, 0.15) is 80.1 Å². The van der Waals surface area contributed by atoms with Crippen molar-refractivity contribution in [3.05, 3.63) is 23.8 Å². The van der Waals surface area contributed by atoms with Crippen molar-refractivity contribution in [3.8, 4) is 0 Å². The minimum Gasteiger partial charge on any atom is -0.100 e. The van der Waals surface area contributed by atoms with Crippen LogP contribution < -0.4 is 0 Å². The van der Waals surface area contributed by atoms with E-state index < -0.39 is 0 Å². The highest BCUT2D eigenvalue weighted by molar-refractivity contribution is 5.07. The molecule has 0 amide bonds. The van der Waals surface area contributed by atoms with E-state index in [-0.39, 0.29) is 0 Å². The Morgan fingerprint density at radius 3 is 2.22 bits per heavy atom. The summed E-state index contributed by atoms with van der Waals surface area (Å²) in [6.07, 6.45) is 10.6. The van der Waals surface area contributed by atoms with E-state index in [2.05, 4.69) is 40.3 Å². The first kappa shape index (κ1) is 17.5. The fourth-order valence-corrected chi connectivity index (χ4v) is 2.77.